The van der Waals surface area contributed by atoms with E-state index in [2.05, 4.69) is 218 Å². The number of aromatic nitrogens is 3. The molecule has 294 valence electrons. The van der Waals surface area contributed by atoms with Crippen LogP contribution in [0.3, 0.4) is 0 Å². The largest absolute Gasteiger partial charge is 0.455 e. The van der Waals surface area contributed by atoms with Crippen molar-refractivity contribution in [3.8, 4) is 67.0 Å². The summed E-state index contributed by atoms with van der Waals surface area (Å²) in [4.78, 5) is 0. The van der Waals surface area contributed by atoms with Crippen molar-refractivity contribution in [2.75, 3.05) is 0 Å². The average molecular weight is 796 g/mol. The van der Waals surface area contributed by atoms with Gasteiger partial charge in [-0.3, -0.25) is 4.40 Å². The summed E-state index contributed by atoms with van der Waals surface area (Å²) in [5.74, 6) is 0.813. The van der Waals surface area contributed by atoms with E-state index in [0.717, 1.165) is 66.4 Å². The van der Waals surface area contributed by atoms with Crippen LogP contribution >= 0.6 is 0 Å². The molecule has 0 amide bonds. The van der Waals surface area contributed by atoms with Gasteiger partial charge in [0.2, 0.25) is 0 Å². The van der Waals surface area contributed by atoms with E-state index in [0.29, 0.717) is 0 Å². The maximum absolute atomic E-state index is 6.89. The highest BCUT2D eigenvalue weighted by molar-refractivity contribution is 6.12. The summed E-state index contributed by atoms with van der Waals surface area (Å²) >= 11 is 0. The van der Waals surface area contributed by atoms with Crippen LogP contribution in [0.25, 0.3) is 105 Å². The first-order valence-corrected chi connectivity index (χ1v) is 21.6. The fourth-order valence-electron chi connectivity index (χ4n) is 10.8. The Balaban J connectivity index is 0.974. The van der Waals surface area contributed by atoms with Crippen molar-refractivity contribution >= 4 is 38.4 Å². The first kappa shape index (κ1) is 35.2. The van der Waals surface area contributed by atoms with Gasteiger partial charge in [-0.1, -0.05) is 155 Å². The van der Waals surface area contributed by atoms with Crippen LogP contribution in [0.1, 0.15) is 49.9 Å². The number of pyridine rings is 1. The molecular formula is C58H41N3O. The molecule has 2 aliphatic rings. The van der Waals surface area contributed by atoms with E-state index < -0.39 is 0 Å². The molecule has 0 aliphatic heterocycles. The van der Waals surface area contributed by atoms with Crippen molar-refractivity contribution in [2.45, 2.75) is 38.5 Å². The van der Waals surface area contributed by atoms with Crippen molar-refractivity contribution in [1.29, 1.82) is 0 Å². The predicted molar refractivity (Wildman–Crippen MR) is 255 cm³/mol. The number of benzene rings is 8. The third-order valence-electron chi connectivity index (χ3n) is 14.2. The van der Waals surface area contributed by atoms with Crippen molar-refractivity contribution in [3.05, 3.63) is 198 Å². The van der Waals surface area contributed by atoms with Gasteiger partial charge in [0, 0.05) is 44.3 Å². The van der Waals surface area contributed by atoms with Crippen LogP contribution in [0.4, 0.5) is 0 Å². The molecule has 0 fully saturated rings. The molecule has 0 N–H and O–H groups in total. The van der Waals surface area contributed by atoms with E-state index in [-0.39, 0.29) is 10.8 Å². The van der Waals surface area contributed by atoms with Crippen LogP contribution in [-0.4, -0.2) is 14.6 Å². The summed E-state index contributed by atoms with van der Waals surface area (Å²) in [6.45, 7) is 9.39. The van der Waals surface area contributed by atoms with Gasteiger partial charge in [0.1, 0.15) is 11.2 Å². The Hall–Kier alpha value is -7.56. The molecule has 3 heterocycles. The Kier molecular flexibility index (Phi) is 7.10. The number of nitrogens with zero attached hydrogens (tertiary/aromatic N) is 3. The Morgan fingerprint density at radius 3 is 1.66 bits per heavy atom. The lowest BCUT2D eigenvalue weighted by Crippen LogP contribution is -2.14. The molecule has 0 spiro atoms. The van der Waals surface area contributed by atoms with Gasteiger partial charge in [-0.05, 0) is 120 Å². The zero-order valence-corrected chi connectivity index (χ0v) is 35.0. The van der Waals surface area contributed by atoms with E-state index in [1.807, 2.05) is 0 Å². The van der Waals surface area contributed by atoms with Crippen LogP contribution < -0.4 is 0 Å². The molecule has 2 aliphatic carbocycles. The van der Waals surface area contributed by atoms with Gasteiger partial charge < -0.3 is 4.42 Å². The summed E-state index contributed by atoms with van der Waals surface area (Å²) in [7, 11) is 0. The van der Waals surface area contributed by atoms with E-state index in [9.17, 15) is 0 Å². The van der Waals surface area contributed by atoms with Crippen LogP contribution in [0, 0.1) is 0 Å². The van der Waals surface area contributed by atoms with Gasteiger partial charge in [0.05, 0.1) is 0 Å². The lowest BCUT2D eigenvalue weighted by Gasteiger charge is -2.22. The van der Waals surface area contributed by atoms with Gasteiger partial charge in [-0.25, -0.2) is 0 Å². The van der Waals surface area contributed by atoms with E-state index in [1.165, 1.54) is 61.2 Å². The summed E-state index contributed by atoms with van der Waals surface area (Å²) in [6, 6.07) is 62.2. The normalized spacial score (nSPS) is 14.4. The van der Waals surface area contributed by atoms with E-state index in [1.54, 1.807) is 0 Å². The van der Waals surface area contributed by atoms with Crippen LogP contribution in [0.2, 0.25) is 0 Å². The fourth-order valence-corrected chi connectivity index (χ4v) is 10.8. The Labute approximate surface area is 359 Å². The minimum absolute atomic E-state index is 0.0743. The third kappa shape index (κ3) is 4.89. The molecule has 13 rings (SSSR count). The molecule has 3 aromatic heterocycles. The number of hydrogen-bond acceptors (Lipinski definition) is 3. The Bertz CT molecular complexity index is 3690. The number of furan rings is 1. The summed E-state index contributed by atoms with van der Waals surface area (Å²) in [5, 5.41) is 13.7. The van der Waals surface area contributed by atoms with Gasteiger partial charge in [-0.15, -0.1) is 10.2 Å². The van der Waals surface area contributed by atoms with Crippen LogP contribution in [0.5, 0.6) is 0 Å². The Morgan fingerprint density at radius 2 is 0.952 bits per heavy atom. The monoisotopic (exact) mass is 795 g/mol. The van der Waals surface area contributed by atoms with Gasteiger partial charge in [0.25, 0.3) is 0 Å². The maximum atomic E-state index is 6.89. The molecule has 0 unspecified atom stereocenters. The quantitative estimate of drug-likeness (QED) is 0.178. The first-order chi connectivity index (χ1) is 30.2. The van der Waals surface area contributed by atoms with E-state index >= 15 is 0 Å². The molecule has 4 heteroatoms. The summed E-state index contributed by atoms with van der Waals surface area (Å²) in [6.07, 6.45) is 2.07. The zero-order chi connectivity index (χ0) is 41.5. The number of rotatable bonds is 4. The predicted octanol–water partition coefficient (Wildman–Crippen LogP) is 15.1. The molecule has 0 radical (unpaired) electrons. The standard InChI is InChI=1S/C58H41N3O/c1-57(2)49-15-9-7-13-42(49)44-24-21-38(32-51(44)57)37-23-26-53-47(29-37)48-31-40(39-22-25-45-43-14-8-10-16-50(43)58(3,4)52(45)33-39)30-46(54(48)62-53)35-17-19-36(20-18-35)55-59-60-56-41-12-6-5-11-34(41)27-28-61(55)56/h5-33H,1-4H3. The molecule has 0 saturated carbocycles. The summed E-state index contributed by atoms with van der Waals surface area (Å²) < 4.78 is 8.98. The van der Waals surface area contributed by atoms with Crippen LogP contribution in [0.15, 0.2) is 180 Å². The lowest BCUT2D eigenvalue weighted by molar-refractivity contribution is 0.660. The van der Waals surface area contributed by atoms with Crippen molar-refractivity contribution in [3.63, 3.8) is 0 Å². The highest BCUT2D eigenvalue weighted by Crippen LogP contribution is 2.52. The minimum Gasteiger partial charge on any atom is -0.455 e. The number of hydrogen-bond donors (Lipinski definition) is 0. The first-order valence-electron chi connectivity index (χ1n) is 21.6. The number of fused-ring (bicyclic) bond motifs is 12. The average Bonchev–Trinajstić information content (AvgIpc) is 4.03. The van der Waals surface area contributed by atoms with Crippen molar-refractivity contribution in [1.82, 2.24) is 14.6 Å². The second-order valence-corrected chi connectivity index (χ2v) is 18.3. The van der Waals surface area contributed by atoms with Crippen molar-refractivity contribution in [2.24, 2.45) is 0 Å². The molecule has 0 saturated heterocycles. The highest BCUT2D eigenvalue weighted by atomic mass is 16.3. The topological polar surface area (TPSA) is 43.3 Å². The zero-order valence-electron chi connectivity index (χ0n) is 35.0. The van der Waals surface area contributed by atoms with E-state index in [4.69, 9.17) is 4.42 Å². The second-order valence-electron chi connectivity index (χ2n) is 18.3. The molecule has 11 aromatic rings. The Morgan fingerprint density at radius 1 is 0.403 bits per heavy atom. The van der Waals surface area contributed by atoms with Gasteiger partial charge in [-0.2, -0.15) is 0 Å². The smallest absolute Gasteiger partial charge is 0.168 e. The minimum atomic E-state index is -0.105. The SMILES string of the molecule is CC1(C)c2ccccc2-c2ccc(-c3ccc4oc5c(-c6ccc(-c7nnc8c9ccccc9ccn78)cc6)cc(-c6ccc7c(c6)C(C)(C)c6ccccc6-7)cc5c4c3)cc21. The maximum Gasteiger partial charge on any atom is 0.168 e. The van der Waals surface area contributed by atoms with Crippen molar-refractivity contribution < 1.29 is 4.42 Å². The lowest BCUT2D eigenvalue weighted by atomic mass is 9.81. The highest BCUT2D eigenvalue weighted by Gasteiger charge is 2.36. The molecular weight excluding hydrogens is 755 g/mol. The molecule has 62 heavy (non-hydrogen) atoms. The fraction of sp³-hybridized carbons (Fsp3) is 0.103. The second kappa shape index (κ2) is 12.5. The van der Waals surface area contributed by atoms with Gasteiger partial charge >= 0.3 is 0 Å². The molecule has 4 nitrogen and oxygen atoms in total. The van der Waals surface area contributed by atoms with Crippen LogP contribution in [-0.2, 0) is 10.8 Å². The van der Waals surface area contributed by atoms with Gasteiger partial charge in [0.15, 0.2) is 11.5 Å². The summed E-state index contributed by atoms with van der Waals surface area (Å²) in [5.41, 5.74) is 21.1. The molecule has 0 atom stereocenters. The molecule has 8 aromatic carbocycles. The third-order valence-corrected chi connectivity index (χ3v) is 14.2. The molecule has 0 bridgehead atoms.